The molecule has 7 nitrogen and oxygen atoms in total. The molecule has 0 aliphatic carbocycles. The van der Waals surface area contributed by atoms with E-state index in [1.165, 1.54) is 11.3 Å². The Bertz CT molecular complexity index is 1280. The Labute approximate surface area is 207 Å². The predicted octanol–water partition coefficient (Wildman–Crippen LogP) is 4.48. The molecule has 4 rings (SSSR count). The minimum absolute atomic E-state index is 0.334. The first-order chi connectivity index (χ1) is 16.8. The highest BCUT2D eigenvalue weighted by Gasteiger charge is 2.34. The lowest BCUT2D eigenvalue weighted by atomic mass is 10.1. The topological polar surface area (TPSA) is 78.0 Å². The van der Waals surface area contributed by atoms with Gasteiger partial charge in [-0.2, -0.15) is 0 Å². The summed E-state index contributed by atoms with van der Waals surface area (Å²) in [6.07, 6.45) is 1.23. The van der Waals surface area contributed by atoms with Crippen LogP contribution in [0.15, 0.2) is 40.6 Å². The van der Waals surface area contributed by atoms with Gasteiger partial charge in [0.05, 0.1) is 32.3 Å². The molecule has 0 atom stereocenters. The van der Waals surface area contributed by atoms with Crippen LogP contribution in [-0.2, 0) is 16.3 Å². The average Bonchev–Trinajstić information content (AvgIpc) is 3.31. The Morgan fingerprint density at radius 3 is 2.26 bits per heavy atom. The first-order valence-corrected chi connectivity index (χ1v) is 13.4. The van der Waals surface area contributed by atoms with Gasteiger partial charge >= 0.3 is 0 Å². The van der Waals surface area contributed by atoms with Crippen molar-refractivity contribution >= 4 is 26.3 Å². The second-order valence-electron chi connectivity index (χ2n) is 8.14. The van der Waals surface area contributed by atoms with E-state index in [0.717, 1.165) is 28.5 Å². The summed E-state index contributed by atoms with van der Waals surface area (Å²) >= 11 is 1.49. The maximum absolute atomic E-state index is 14.1. The number of methoxy groups -OCH3 is 3. The zero-order valence-electron chi connectivity index (χ0n) is 19.6. The van der Waals surface area contributed by atoms with Crippen LogP contribution in [0, 0.1) is 11.6 Å². The number of ether oxygens (including phenoxy) is 3. The molecule has 2 aromatic carbocycles. The monoisotopic (exact) mass is 524 g/mol. The maximum Gasteiger partial charge on any atom is 0.203 e. The van der Waals surface area contributed by atoms with Crippen LogP contribution in [0.5, 0.6) is 17.2 Å². The molecule has 1 aromatic heterocycles. The van der Waals surface area contributed by atoms with Gasteiger partial charge in [0, 0.05) is 31.0 Å². The largest absolute Gasteiger partial charge is 0.493 e. The van der Waals surface area contributed by atoms with Crippen molar-refractivity contribution in [2.24, 2.45) is 0 Å². The summed E-state index contributed by atoms with van der Waals surface area (Å²) in [5.74, 6) is -0.196. The highest BCUT2D eigenvalue weighted by Crippen LogP contribution is 2.39. The summed E-state index contributed by atoms with van der Waals surface area (Å²) in [4.78, 5) is 6.33. The number of thiazole rings is 1. The number of piperidine rings is 1. The number of anilines is 1. The summed E-state index contributed by atoms with van der Waals surface area (Å²) in [5.41, 5.74) is 1.81. The lowest BCUT2D eigenvalue weighted by Gasteiger charge is -2.31. The van der Waals surface area contributed by atoms with Gasteiger partial charge in [-0.1, -0.05) is 0 Å². The van der Waals surface area contributed by atoms with E-state index in [-0.39, 0.29) is 0 Å². The van der Waals surface area contributed by atoms with Crippen LogP contribution in [0.1, 0.15) is 24.1 Å². The molecule has 0 N–H and O–H groups in total. The fourth-order valence-electron chi connectivity index (χ4n) is 4.21. The summed E-state index contributed by atoms with van der Waals surface area (Å²) in [5, 5.41) is 2.04. The SMILES string of the molecule is COc1cc(Cc2csc(N3CCC(S(=O)(=O)c4ccc(F)cc4F)CC3)n2)cc(OC)c1OC. The maximum atomic E-state index is 14.1. The van der Waals surface area contributed by atoms with Crippen LogP contribution in [-0.4, -0.2) is 53.1 Å². The quantitative estimate of drug-likeness (QED) is 0.402. The van der Waals surface area contributed by atoms with E-state index < -0.39 is 31.6 Å². The number of sulfone groups is 1. The van der Waals surface area contributed by atoms with Gasteiger partial charge in [-0.3, -0.25) is 0 Å². The van der Waals surface area contributed by atoms with Gasteiger partial charge in [-0.15, -0.1) is 11.3 Å². The molecule has 0 bridgehead atoms. The van der Waals surface area contributed by atoms with Crippen LogP contribution in [0.25, 0.3) is 0 Å². The van der Waals surface area contributed by atoms with E-state index in [9.17, 15) is 17.2 Å². The fraction of sp³-hybridized carbons (Fsp3) is 0.375. The predicted molar refractivity (Wildman–Crippen MR) is 130 cm³/mol. The minimum Gasteiger partial charge on any atom is -0.493 e. The zero-order chi connectivity index (χ0) is 25.2. The van der Waals surface area contributed by atoms with Gasteiger partial charge in [-0.25, -0.2) is 22.2 Å². The van der Waals surface area contributed by atoms with Crippen LogP contribution in [0.2, 0.25) is 0 Å². The number of hydrogen-bond donors (Lipinski definition) is 0. The Balaban J connectivity index is 1.44. The third-order valence-corrected chi connectivity index (χ3v) is 9.24. The van der Waals surface area contributed by atoms with Gasteiger partial charge in [0.1, 0.15) is 16.5 Å². The molecule has 2 heterocycles. The van der Waals surface area contributed by atoms with Gasteiger partial charge in [-0.05, 0) is 42.7 Å². The first kappa shape index (κ1) is 25.2. The summed E-state index contributed by atoms with van der Waals surface area (Å²) in [6.45, 7) is 0.952. The van der Waals surface area contributed by atoms with Crippen LogP contribution < -0.4 is 19.1 Å². The summed E-state index contributed by atoms with van der Waals surface area (Å²) < 4.78 is 69.3. The van der Waals surface area contributed by atoms with Crippen molar-refractivity contribution in [3.8, 4) is 17.2 Å². The number of halogens is 2. The van der Waals surface area contributed by atoms with Crippen molar-refractivity contribution in [1.29, 1.82) is 0 Å². The van der Waals surface area contributed by atoms with Crippen molar-refractivity contribution in [3.05, 3.63) is 58.6 Å². The number of nitrogens with zero attached hydrogens (tertiary/aromatic N) is 2. The van der Waals surface area contributed by atoms with Gasteiger partial charge in [0.2, 0.25) is 5.75 Å². The number of benzene rings is 2. The molecule has 1 aliphatic rings. The van der Waals surface area contributed by atoms with Crippen molar-refractivity contribution in [2.45, 2.75) is 29.4 Å². The Kier molecular flexibility index (Phi) is 7.46. The molecule has 1 fully saturated rings. The van der Waals surface area contributed by atoms with Crippen LogP contribution in [0.3, 0.4) is 0 Å². The van der Waals surface area contributed by atoms with Crippen molar-refractivity contribution in [2.75, 3.05) is 39.3 Å². The normalized spacial score (nSPS) is 14.7. The Morgan fingerprint density at radius 1 is 1.03 bits per heavy atom. The molecule has 35 heavy (non-hydrogen) atoms. The molecule has 0 amide bonds. The Hall–Kier alpha value is -2.92. The zero-order valence-corrected chi connectivity index (χ0v) is 21.2. The molecular weight excluding hydrogens is 498 g/mol. The highest BCUT2D eigenvalue weighted by molar-refractivity contribution is 7.92. The molecule has 11 heteroatoms. The molecule has 0 spiro atoms. The molecule has 1 saturated heterocycles. The number of rotatable bonds is 8. The lowest BCUT2D eigenvalue weighted by molar-refractivity contribution is 0.324. The van der Waals surface area contributed by atoms with E-state index in [1.807, 2.05) is 22.4 Å². The molecule has 0 unspecified atom stereocenters. The van der Waals surface area contributed by atoms with Gasteiger partial charge in [0.25, 0.3) is 0 Å². The second kappa shape index (κ2) is 10.4. The molecule has 188 valence electrons. The number of aromatic nitrogens is 1. The molecular formula is C24H26F2N2O5S2. The van der Waals surface area contributed by atoms with E-state index in [4.69, 9.17) is 19.2 Å². The fourth-order valence-corrected chi connectivity index (χ4v) is 6.87. The minimum atomic E-state index is -3.89. The smallest absolute Gasteiger partial charge is 0.203 e. The van der Waals surface area contributed by atoms with Crippen LogP contribution in [0.4, 0.5) is 13.9 Å². The highest BCUT2D eigenvalue weighted by atomic mass is 32.2. The van der Waals surface area contributed by atoms with Crippen molar-refractivity contribution in [3.63, 3.8) is 0 Å². The van der Waals surface area contributed by atoms with E-state index in [2.05, 4.69) is 0 Å². The van der Waals surface area contributed by atoms with E-state index in [1.54, 1.807) is 21.3 Å². The second-order valence-corrected chi connectivity index (χ2v) is 11.2. The Morgan fingerprint density at radius 2 is 1.69 bits per heavy atom. The lowest BCUT2D eigenvalue weighted by Crippen LogP contribution is -2.39. The molecule has 3 aromatic rings. The van der Waals surface area contributed by atoms with Crippen molar-refractivity contribution in [1.82, 2.24) is 4.98 Å². The van der Waals surface area contributed by atoms with Crippen LogP contribution >= 0.6 is 11.3 Å². The van der Waals surface area contributed by atoms with Gasteiger partial charge in [0.15, 0.2) is 26.5 Å². The standard InChI is InChI=1S/C24H26F2N2O5S2/c1-31-20-11-15(12-21(32-2)23(20)33-3)10-17-14-34-24(27-17)28-8-6-18(7-9-28)35(29,30)22-5-4-16(25)13-19(22)26/h4-5,11-14,18H,6-10H2,1-3H3. The van der Waals surface area contributed by atoms with Gasteiger partial charge < -0.3 is 19.1 Å². The molecule has 0 radical (unpaired) electrons. The summed E-state index contributed by atoms with van der Waals surface area (Å²) in [6, 6.07) is 6.34. The molecule has 1 aliphatic heterocycles. The first-order valence-electron chi connectivity index (χ1n) is 10.9. The van der Waals surface area contributed by atoms with E-state index in [0.29, 0.717) is 55.7 Å². The third kappa shape index (κ3) is 5.20. The summed E-state index contributed by atoms with van der Waals surface area (Å²) in [7, 11) is 0.796. The third-order valence-electron chi connectivity index (χ3n) is 6.00. The average molecular weight is 525 g/mol. The van der Waals surface area contributed by atoms with E-state index >= 15 is 0 Å². The molecule has 0 saturated carbocycles. The number of hydrogen-bond acceptors (Lipinski definition) is 8. The van der Waals surface area contributed by atoms with Crippen molar-refractivity contribution < 1.29 is 31.4 Å².